The summed E-state index contributed by atoms with van der Waals surface area (Å²) >= 11 is 0. The second kappa shape index (κ2) is 8.59. The van der Waals surface area contributed by atoms with Gasteiger partial charge < -0.3 is 20.1 Å². The Kier molecular flexibility index (Phi) is 5.72. The third-order valence-corrected chi connectivity index (χ3v) is 5.36. The molecule has 0 spiro atoms. The normalized spacial score (nSPS) is 12.9. The minimum atomic E-state index is 0.534. The van der Waals surface area contributed by atoms with Crippen LogP contribution in [0.2, 0.25) is 0 Å². The van der Waals surface area contributed by atoms with Crippen LogP contribution in [0.5, 0.6) is 11.5 Å². The van der Waals surface area contributed by atoms with E-state index in [1.165, 1.54) is 16.7 Å². The van der Waals surface area contributed by atoms with Crippen molar-refractivity contribution in [1.82, 2.24) is 4.90 Å². The van der Waals surface area contributed by atoms with Crippen molar-refractivity contribution in [3.63, 3.8) is 0 Å². The summed E-state index contributed by atoms with van der Waals surface area (Å²) in [4.78, 5) is 7.33. The summed E-state index contributed by atoms with van der Waals surface area (Å²) in [5.41, 5.74) is 12.7. The van der Waals surface area contributed by atoms with E-state index in [0.29, 0.717) is 18.0 Å². The van der Waals surface area contributed by atoms with Crippen molar-refractivity contribution in [3.8, 4) is 11.5 Å². The molecule has 5 heteroatoms. The van der Waals surface area contributed by atoms with Crippen LogP contribution >= 0.6 is 0 Å². The Morgan fingerprint density at radius 3 is 2.50 bits per heavy atom. The molecule has 0 aromatic heterocycles. The summed E-state index contributed by atoms with van der Waals surface area (Å²) < 4.78 is 10.9. The van der Waals surface area contributed by atoms with Gasteiger partial charge in [-0.15, -0.1) is 0 Å². The summed E-state index contributed by atoms with van der Waals surface area (Å²) in [6, 6.07) is 20.8. The average Bonchev–Trinajstić information content (AvgIpc) is 2.78. The predicted molar refractivity (Wildman–Crippen MR) is 121 cm³/mol. The van der Waals surface area contributed by atoms with Crippen molar-refractivity contribution < 1.29 is 9.47 Å². The topological polar surface area (TPSA) is 60.1 Å². The van der Waals surface area contributed by atoms with Gasteiger partial charge in [0.05, 0.1) is 19.9 Å². The van der Waals surface area contributed by atoms with E-state index in [-0.39, 0.29) is 0 Å². The number of nitrogens with two attached hydrogens (primary N) is 1. The third kappa shape index (κ3) is 4.02. The molecule has 154 valence electrons. The zero-order chi connectivity index (χ0) is 21.1. The highest BCUT2D eigenvalue weighted by atomic mass is 16.5. The van der Waals surface area contributed by atoms with E-state index in [2.05, 4.69) is 54.3 Å². The van der Waals surface area contributed by atoms with E-state index in [9.17, 15) is 0 Å². The van der Waals surface area contributed by atoms with Crippen molar-refractivity contribution >= 4 is 11.5 Å². The van der Waals surface area contributed by atoms with E-state index in [1.54, 1.807) is 14.2 Å². The van der Waals surface area contributed by atoms with Gasteiger partial charge in [-0.1, -0.05) is 42.0 Å². The smallest absolute Gasteiger partial charge is 0.161 e. The average molecular weight is 402 g/mol. The van der Waals surface area contributed by atoms with Crippen molar-refractivity contribution in [2.24, 2.45) is 10.7 Å². The number of hydrogen-bond donors (Lipinski definition) is 1. The minimum absolute atomic E-state index is 0.534. The van der Waals surface area contributed by atoms with Crippen LogP contribution in [0.15, 0.2) is 65.7 Å². The molecule has 5 nitrogen and oxygen atoms in total. The van der Waals surface area contributed by atoms with Crippen LogP contribution in [0.25, 0.3) is 0 Å². The first kappa shape index (κ1) is 20.0. The van der Waals surface area contributed by atoms with Crippen LogP contribution in [0, 0.1) is 6.92 Å². The Morgan fingerprint density at radius 2 is 1.73 bits per heavy atom. The standard InChI is InChI=1S/C25H27N3O2/c1-17-7-9-22-21(11-17)16-28(15-19-6-4-5-18(12-19)14-26)25(27-22)20-8-10-23(29-2)24(13-20)30-3/h4-13H,14-16,26H2,1-3H3. The first-order chi connectivity index (χ1) is 14.6. The Hall–Kier alpha value is -3.31. The molecule has 0 radical (unpaired) electrons. The number of aryl methyl sites for hydroxylation is 1. The van der Waals surface area contributed by atoms with Crippen molar-refractivity contribution in [2.45, 2.75) is 26.6 Å². The fourth-order valence-electron chi connectivity index (χ4n) is 3.84. The lowest BCUT2D eigenvalue weighted by atomic mass is 10.0. The second-order valence-corrected chi connectivity index (χ2v) is 7.52. The molecule has 3 aromatic carbocycles. The number of rotatable bonds is 6. The van der Waals surface area contributed by atoms with E-state index >= 15 is 0 Å². The number of benzene rings is 3. The largest absolute Gasteiger partial charge is 0.493 e. The fourth-order valence-corrected chi connectivity index (χ4v) is 3.84. The first-order valence-corrected chi connectivity index (χ1v) is 10.0. The molecular weight excluding hydrogens is 374 g/mol. The fraction of sp³-hybridized carbons (Fsp3) is 0.240. The number of ether oxygens (including phenoxy) is 2. The number of aliphatic imine (C=N–C) groups is 1. The molecule has 1 aliphatic heterocycles. The Balaban J connectivity index is 1.77. The molecule has 0 aliphatic carbocycles. The Morgan fingerprint density at radius 1 is 0.933 bits per heavy atom. The van der Waals surface area contributed by atoms with E-state index in [1.807, 2.05) is 18.2 Å². The number of nitrogens with zero attached hydrogens (tertiary/aromatic N) is 2. The van der Waals surface area contributed by atoms with Gasteiger partial charge in [-0.25, -0.2) is 4.99 Å². The van der Waals surface area contributed by atoms with Gasteiger partial charge in [-0.05, 0) is 47.9 Å². The van der Waals surface area contributed by atoms with Gasteiger partial charge in [0.15, 0.2) is 11.5 Å². The summed E-state index contributed by atoms with van der Waals surface area (Å²) in [7, 11) is 3.30. The number of hydrogen-bond acceptors (Lipinski definition) is 5. The van der Waals surface area contributed by atoms with E-state index < -0.39 is 0 Å². The summed E-state index contributed by atoms with van der Waals surface area (Å²) in [6.45, 7) is 4.18. The molecule has 4 rings (SSSR count). The van der Waals surface area contributed by atoms with Gasteiger partial charge in [-0.3, -0.25) is 0 Å². The third-order valence-electron chi connectivity index (χ3n) is 5.36. The lowest BCUT2D eigenvalue weighted by Gasteiger charge is -2.31. The molecule has 0 fully saturated rings. The molecule has 0 unspecified atom stereocenters. The van der Waals surface area contributed by atoms with Crippen LogP contribution in [0.3, 0.4) is 0 Å². The Bertz CT molecular complexity index is 1090. The number of fused-ring (bicyclic) bond motifs is 1. The molecular formula is C25H27N3O2. The van der Waals surface area contributed by atoms with Crippen LogP contribution in [0.1, 0.15) is 27.8 Å². The quantitative estimate of drug-likeness (QED) is 0.658. The lowest BCUT2D eigenvalue weighted by Crippen LogP contribution is -2.33. The van der Waals surface area contributed by atoms with E-state index in [4.69, 9.17) is 20.2 Å². The summed E-state index contributed by atoms with van der Waals surface area (Å²) in [5, 5.41) is 0. The highest BCUT2D eigenvalue weighted by Gasteiger charge is 2.22. The second-order valence-electron chi connectivity index (χ2n) is 7.52. The molecule has 1 aliphatic rings. The van der Waals surface area contributed by atoms with Gasteiger partial charge in [0.2, 0.25) is 0 Å². The molecule has 0 saturated carbocycles. The maximum Gasteiger partial charge on any atom is 0.161 e. The summed E-state index contributed by atoms with van der Waals surface area (Å²) in [6.07, 6.45) is 0. The zero-order valence-corrected chi connectivity index (χ0v) is 17.7. The molecule has 3 aromatic rings. The van der Waals surface area contributed by atoms with Crippen molar-refractivity contribution in [3.05, 3.63) is 88.5 Å². The SMILES string of the molecule is COc1ccc(C2=Nc3ccc(C)cc3CN2Cc2cccc(CN)c2)cc1OC. The zero-order valence-electron chi connectivity index (χ0n) is 17.7. The number of methoxy groups -OCH3 is 2. The Labute approximate surface area is 177 Å². The van der Waals surface area contributed by atoms with Crippen LogP contribution in [0.4, 0.5) is 5.69 Å². The highest BCUT2D eigenvalue weighted by molar-refractivity contribution is 6.02. The maximum absolute atomic E-state index is 5.85. The monoisotopic (exact) mass is 401 g/mol. The molecule has 2 N–H and O–H groups in total. The van der Waals surface area contributed by atoms with Crippen molar-refractivity contribution in [1.29, 1.82) is 0 Å². The predicted octanol–water partition coefficient (Wildman–Crippen LogP) is 4.57. The molecule has 0 atom stereocenters. The van der Waals surface area contributed by atoms with Crippen molar-refractivity contribution in [2.75, 3.05) is 14.2 Å². The molecule has 0 bridgehead atoms. The van der Waals surface area contributed by atoms with E-state index in [0.717, 1.165) is 35.7 Å². The lowest BCUT2D eigenvalue weighted by molar-refractivity contribution is 0.354. The van der Waals surface area contributed by atoms with Gasteiger partial charge >= 0.3 is 0 Å². The van der Waals surface area contributed by atoms with Gasteiger partial charge in [-0.2, -0.15) is 0 Å². The number of amidine groups is 1. The minimum Gasteiger partial charge on any atom is -0.493 e. The van der Waals surface area contributed by atoms with Crippen LogP contribution in [-0.2, 0) is 19.6 Å². The van der Waals surface area contributed by atoms with Gasteiger partial charge in [0, 0.05) is 25.2 Å². The van der Waals surface area contributed by atoms with Crippen LogP contribution in [-0.4, -0.2) is 25.0 Å². The first-order valence-electron chi connectivity index (χ1n) is 10.0. The molecule has 1 heterocycles. The highest BCUT2D eigenvalue weighted by Crippen LogP contribution is 2.33. The molecule has 0 saturated heterocycles. The molecule has 0 amide bonds. The maximum atomic E-state index is 5.85. The summed E-state index contributed by atoms with van der Waals surface area (Å²) in [5.74, 6) is 2.32. The van der Waals surface area contributed by atoms with Gasteiger partial charge in [0.1, 0.15) is 5.84 Å². The van der Waals surface area contributed by atoms with Crippen LogP contribution < -0.4 is 15.2 Å². The molecule has 30 heavy (non-hydrogen) atoms. The van der Waals surface area contributed by atoms with Gasteiger partial charge in [0.25, 0.3) is 0 Å².